The minimum atomic E-state index is -0.391. The van der Waals surface area contributed by atoms with Crippen LogP contribution < -0.4 is 5.73 Å². The van der Waals surface area contributed by atoms with Crippen LogP contribution in [-0.2, 0) is 0 Å². The molecule has 0 aliphatic carbocycles. The molecule has 0 spiro atoms. The number of hydrogen-bond acceptors (Lipinski definition) is 2. The van der Waals surface area contributed by atoms with Gasteiger partial charge < -0.3 is 5.73 Å². The van der Waals surface area contributed by atoms with Gasteiger partial charge >= 0.3 is 0 Å². The van der Waals surface area contributed by atoms with Crippen LogP contribution in [0.15, 0.2) is 30.5 Å². The van der Waals surface area contributed by atoms with E-state index >= 15 is 0 Å². The Kier molecular flexibility index (Phi) is 2.79. The highest BCUT2D eigenvalue weighted by molar-refractivity contribution is 6.33. The highest BCUT2D eigenvalue weighted by atomic mass is 35.5. The second-order valence-corrected chi connectivity index (χ2v) is 3.90. The molecule has 0 atom stereocenters. The maximum Gasteiger partial charge on any atom is 0.133 e. The van der Waals surface area contributed by atoms with Gasteiger partial charge in [-0.2, -0.15) is 0 Å². The molecule has 0 unspecified atom stereocenters. The molecular formula is C12H10ClFN2. The Labute approximate surface area is 97.9 Å². The van der Waals surface area contributed by atoms with Crippen molar-refractivity contribution < 1.29 is 4.39 Å². The van der Waals surface area contributed by atoms with E-state index in [2.05, 4.69) is 4.98 Å². The molecule has 0 fully saturated rings. The molecule has 0 bridgehead atoms. The van der Waals surface area contributed by atoms with Crippen molar-refractivity contribution in [3.63, 3.8) is 0 Å². The van der Waals surface area contributed by atoms with Gasteiger partial charge in [-0.1, -0.05) is 11.6 Å². The topological polar surface area (TPSA) is 38.9 Å². The third-order valence-electron chi connectivity index (χ3n) is 2.35. The summed E-state index contributed by atoms with van der Waals surface area (Å²) in [6.07, 6.45) is 1.59. The van der Waals surface area contributed by atoms with Crippen LogP contribution in [0, 0.1) is 12.7 Å². The lowest BCUT2D eigenvalue weighted by Gasteiger charge is -2.09. The summed E-state index contributed by atoms with van der Waals surface area (Å²) in [6, 6.07) is 6.17. The lowest BCUT2D eigenvalue weighted by atomic mass is 10.0. The monoisotopic (exact) mass is 236 g/mol. The minimum Gasteiger partial charge on any atom is -0.399 e. The zero-order valence-corrected chi connectivity index (χ0v) is 9.42. The van der Waals surface area contributed by atoms with Crippen molar-refractivity contribution >= 4 is 17.3 Å². The smallest absolute Gasteiger partial charge is 0.133 e. The van der Waals surface area contributed by atoms with Crippen LogP contribution in [0.5, 0.6) is 0 Å². The first-order valence-electron chi connectivity index (χ1n) is 4.76. The zero-order valence-electron chi connectivity index (χ0n) is 8.67. The van der Waals surface area contributed by atoms with Gasteiger partial charge in [-0.25, -0.2) is 4.39 Å². The number of halogens is 2. The van der Waals surface area contributed by atoms with Crippen LogP contribution in [0.4, 0.5) is 10.1 Å². The van der Waals surface area contributed by atoms with Crippen molar-refractivity contribution in [2.45, 2.75) is 6.92 Å². The fraction of sp³-hybridized carbons (Fsp3) is 0.0833. The molecule has 1 aromatic carbocycles. The maximum atomic E-state index is 13.7. The maximum absolute atomic E-state index is 13.7. The standard InChI is InChI=1S/C12H10ClFN2/c1-7-12(10(13)4-5-16-7)9-3-2-8(15)6-11(9)14/h2-6H,15H2,1H3. The number of rotatable bonds is 1. The fourth-order valence-corrected chi connectivity index (χ4v) is 1.89. The normalized spacial score (nSPS) is 10.4. The second-order valence-electron chi connectivity index (χ2n) is 3.49. The molecule has 16 heavy (non-hydrogen) atoms. The largest absolute Gasteiger partial charge is 0.399 e. The van der Waals surface area contributed by atoms with E-state index in [1.54, 1.807) is 31.3 Å². The Morgan fingerprint density at radius 1 is 1.31 bits per heavy atom. The van der Waals surface area contributed by atoms with Crippen LogP contribution in [0.2, 0.25) is 5.02 Å². The summed E-state index contributed by atoms with van der Waals surface area (Å²) in [5.74, 6) is -0.391. The molecule has 0 radical (unpaired) electrons. The number of pyridine rings is 1. The van der Waals surface area contributed by atoms with E-state index in [0.29, 0.717) is 27.5 Å². The summed E-state index contributed by atoms with van der Waals surface area (Å²) in [5, 5.41) is 0.483. The van der Waals surface area contributed by atoms with Crippen LogP contribution in [0.25, 0.3) is 11.1 Å². The van der Waals surface area contributed by atoms with E-state index in [0.717, 1.165) is 0 Å². The lowest BCUT2D eigenvalue weighted by molar-refractivity contribution is 0.632. The van der Waals surface area contributed by atoms with Gasteiger partial charge in [-0.3, -0.25) is 4.98 Å². The predicted octanol–water partition coefficient (Wildman–Crippen LogP) is 3.43. The summed E-state index contributed by atoms with van der Waals surface area (Å²) < 4.78 is 13.7. The van der Waals surface area contributed by atoms with Gasteiger partial charge in [-0.15, -0.1) is 0 Å². The summed E-state index contributed by atoms with van der Waals surface area (Å²) in [4.78, 5) is 4.10. The molecule has 4 heteroatoms. The zero-order chi connectivity index (χ0) is 11.7. The molecule has 0 saturated heterocycles. The van der Waals surface area contributed by atoms with E-state index in [1.807, 2.05) is 0 Å². The predicted molar refractivity (Wildman–Crippen MR) is 63.8 cm³/mol. The third kappa shape index (κ3) is 1.86. The lowest BCUT2D eigenvalue weighted by Crippen LogP contribution is -1.93. The Balaban J connectivity index is 2.68. The Morgan fingerprint density at radius 2 is 2.06 bits per heavy atom. The molecule has 1 heterocycles. The number of nitrogens with zero attached hydrogens (tertiary/aromatic N) is 1. The summed E-state index contributed by atoms with van der Waals surface area (Å²) in [5.41, 5.74) is 7.61. The molecule has 0 saturated carbocycles. The number of aromatic nitrogens is 1. The second kappa shape index (κ2) is 4.10. The van der Waals surface area contributed by atoms with E-state index < -0.39 is 5.82 Å². The van der Waals surface area contributed by atoms with E-state index in [1.165, 1.54) is 6.07 Å². The number of aryl methyl sites for hydroxylation is 1. The minimum absolute atomic E-state index is 0.388. The molecule has 1 aromatic heterocycles. The van der Waals surface area contributed by atoms with Gasteiger partial charge in [0.15, 0.2) is 0 Å². The molecule has 2 nitrogen and oxygen atoms in total. The molecule has 0 aliphatic rings. The van der Waals surface area contributed by atoms with Crippen LogP contribution >= 0.6 is 11.6 Å². The molecule has 82 valence electrons. The average molecular weight is 237 g/mol. The average Bonchev–Trinajstić information content (AvgIpc) is 2.20. The summed E-state index contributed by atoms with van der Waals surface area (Å²) >= 11 is 6.04. The van der Waals surface area contributed by atoms with Crippen LogP contribution in [-0.4, -0.2) is 4.98 Å². The molecule has 2 aromatic rings. The summed E-state index contributed by atoms with van der Waals surface area (Å²) in [6.45, 7) is 1.79. The van der Waals surface area contributed by atoms with Crippen molar-refractivity contribution in [2.75, 3.05) is 5.73 Å². The first-order chi connectivity index (χ1) is 7.59. The van der Waals surface area contributed by atoms with E-state index in [4.69, 9.17) is 17.3 Å². The Morgan fingerprint density at radius 3 is 2.69 bits per heavy atom. The fourth-order valence-electron chi connectivity index (χ4n) is 1.59. The van der Waals surface area contributed by atoms with Crippen LogP contribution in [0.1, 0.15) is 5.69 Å². The highest BCUT2D eigenvalue weighted by Crippen LogP contribution is 2.32. The van der Waals surface area contributed by atoms with Gasteiger partial charge in [0, 0.05) is 28.7 Å². The van der Waals surface area contributed by atoms with Crippen molar-refractivity contribution in [3.05, 3.63) is 47.0 Å². The van der Waals surface area contributed by atoms with Gasteiger partial charge in [0.2, 0.25) is 0 Å². The quantitative estimate of drug-likeness (QED) is 0.771. The molecule has 0 aliphatic heterocycles. The van der Waals surface area contributed by atoms with Crippen molar-refractivity contribution in [1.29, 1.82) is 0 Å². The van der Waals surface area contributed by atoms with E-state index in [9.17, 15) is 4.39 Å². The van der Waals surface area contributed by atoms with Gasteiger partial charge in [0.05, 0.1) is 5.02 Å². The van der Waals surface area contributed by atoms with E-state index in [-0.39, 0.29) is 0 Å². The number of nitrogens with two attached hydrogens (primary N) is 1. The Bertz CT molecular complexity index is 520. The number of anilines is 1. The van der Waals surface area contributed by atoms with Crippen molar-refractivity contribution in [1.82, 2.24) is 4.98 Å². The third-order valence-corrected chi connectivity index (χ3v) is 2.67. The first kappa shape index (κ1) is 10.9. The number of hydrogen-bond donors (Lipinski definition) is 1. The first-order valence-corrected chi connectivity index (χ1v) is 5.14. The molecule has 0 amide bonds. The Hall–Kier alpha value is -1.61. The van der Waals surface area contributed by atoms with Crippen LogP contribution in [0.3, 0.4) is 0 Å². The van der Waals surface area contributed by atoms with Gasteiger partial charge in [0.1, 0.15) is 5.82 Å². The molecule has 2 N–H and O–H groups in total. The SMILES string of the molecule is Cc1nccc(Cl)c1-c1ccc(N)cc1F. The van der Waals surface area contributed by atoms with Crippen molar-refractivity contribution in [3.8, 4) is 11.1 Å². The number of nitrogen functional groups attached to an aromatic ring is 1. The molecule has 2 rings (SSSR count). The van der Waals surface area contributed by atoms with Crippen molar-refractivity contribution in [2.24, 2.45) is 0 Å². The number of benzene rings is 1. The summed E-state index contributed by atoms with van der Waals surface area (Å²) in [7, 11) is 0. The van der Waals surface area contributed by atoms with Gasteiger partial charge in [0.25, 0.3) is 0 Å². The highest BCUT2D eigenvalue weighted by Gasteiger charge is 2.12. The molecular weight excluding hydrogens is 227 g/mol. The van der Waals surface area contributed by atoms with Gasteiger partial charge in [-0.05, 0) is 31.2 Å².